The number of piperidine rings is 1. The van der Waals surface area contributed by atoms with Crippen molar-refractivity contribution in [3.05, 3.63) is 142 Å². The monoisotopic (exact) mass is 753 g/mol. The second-order valence-electron chi connectivity index (χ2n) is 14.2. The lowest BCUT2D eigenvalue weighted by Gasteiger charge is -2.42. The van der Waals surface area contributed by atoms with Crippen LogP contribution in [0.5, 0.6) is 0 Å². The summed E-state index contributed by atoms with van der Waals surface area (Å²) in [4.78, 5) is 41.8. The fourth-order valence-corrected chi connectivity index (χ4v) is 7.43. The molecular formula is C42H44ClN3O8. The van der Waals surface area contributed by atoms with Gasteiger partial charge in [0.05, 0.1) is 37.4 Å². The molecule has 1 unspecified atom stereocenters. The number of benzene rings is 4. The van der Waals surface area contributed by atoms with Crippen LogP contribution >= 0.6 is 11.6 Å². The first-order valence-corrected chi connectivity index (χ1v) is 18.7. The summed E-state index contributed by atoms with van der Waals surface area (Å²) in [5, 5.41) is 24.2. The lowest BCUT2D eigenvalue weighted by molar-refractivity contribution is -0.253. The molecule has 282 valence electrons. The van der Waals surface area contributed by atoms with E-state index in [1.54, 1.807) is 0 Å². The molecule has 3 fully saturated rings. The molecule has 3 amide bonds. The Morgan fingerprint density at radius 1 is 0.852 bits per heavy atom. The van der Waals surface area contributed by atoms with Gasteiger partial charge in [-0.1, -0.05) is 103 Å². The average Bonchev–Trinajstić information content (AvgIpc) is 3.45. The second-order valence-corrected chi connectivity index (χ2v) is 14.6. The van der Waals surface area contributed by atoms with Crippen LogP contribution in [0.1, 0.15) is 71.5 Å². The summed E-state index contributed by atoms with van der Waals surface area (Å²) in [5.41, 5.74) is 4.10. The molecule has 3 heterocycles. The summed E-state index contributed by atoms with van der Waals surface area (Å²) in [7, 11) is 0. The molecule has 7 rings (SSSR count). The van der Waals surface area contributed by atoms with Gasteiger partial charge in [-0.15, -0.1) is 0 Å². The molecular weight excluding hydrogens is 710 g/mol. The number of alkyl carbamates (subject to hydrolysis) is 1. The maximum Gasteiger partial charge on any atom is 0.408 e. The fourth-order valence-electron chi connectivity index (χ4n) is 7.31. The zero-order valence-electron chi connectivity index (χ0n) is 29.8. The zero-order valence-corrected chi connectivity index (χ0v) is 30.6. The Bertz CT molecular complexity index is 1900. The van der Waals surface area contributed by atoms with E-state index in [9.17, 15) is 24.6 Å². The molecule has 4 aromatic rings. The Morgan fingerprint density at radius 2 is 1.52 bits per heavy atom. The first-order chi connectivity index (χ1) is 26.2. The van der Waals surface area contributed by atoms with Gasteiger partial charge < -0.3 is 34.6 Å². The van der Waals surface area contributed by atoms with Crippen molar-refractivity contribution in [3.63, 3.8) is 0 Å². The minimum Gasteiger partial charge on any atom is -0.445 e. The quantitative estimate of drug-likeness (QED) is 0.160. The summed E-state index contributed by atoms with van der Waals surface area (Å²) in [6.07, 6.45) is -0.208. The number of hydrogen-bond donors (Lipinski definition) is 3. The molecule has 0 radical (unpaired) electrons. The molecule has 0 aliphatic carbocycles. The van der Waals surface area contributed by atoms with Gasteiger partial charge in [0.2, 0.25) is 5.91 Å². The van der Waals surface area contributed by atoms with Crippen LogP contribution in [0.4, 0.5) is 4.79 Å². The van der Waals surface area contributed by atoms with E-state index in [1.807, 2.05) is 103 Å². The van der Waals surface area contributed by atoms with Crippen LogP contribution in [0.15, 0.2) is 103 Å². The number of carbonyl (C=O) groups is 3. The van der Waals surface area contributed by atoms with Crippen molar-refractivity contribution in [3.8, 4) is 0 Å². The summed E-state index contributed by atoms with van der Waals surface area (Å²) >= 11 is 6.08. The molecule has 11 nitrogen and oxygen atoms in total. The average molecular weight is 754 g/mol. The number of imide groups is 1. The van der Waals surface area contributed by atoms with Crippen LogP contribution in [0.2, 0.25) is 5.02 Å². The van der Waals surface area contributed by atoms with Gasteiger partial charge in [0.1, 0.15) is 12.6 Å². The van der Waals surface area contributed by atoms with E-state index in [4.69, 9.17) is 25.8 Å². The third-order valence-corrected chi connectivity index (χ3v) is 10.7. The van der Waals surface area contributed by atoms with E-state index < -0.39 is 29.9 Å². The van der Waals surface area contributed by atoms with Crippen molar-refractivity contribution in [2.24, 2.45) is 0 Å². The summed E-state index contributed by atoms with van der Waals surface area (Å²) in [5.74, 6) is -0.861. The molecule has 54 heavy (non-hydrogen) atoms. The number of aliphatic hydroxyl groups is 2. The second kappa shape index (κ2) is 16.8. The van der Waals surface area contributed by atoms with Gasteiger partial charge >= 0.3 is 6.09 Å². The first-order valence-electron chi connectivity index (χ1n) is 18.3. The Hall–Kier alpha value is -4.62. The Morgan fingerprint density at radius 3 is 2.20 bits per heavy atom. The standard InChI is InChI=1S/C42H44ClN3O8/c43-34-16-14-33(15-17-34)42(51)18-20-45(21-19-42)25-35-22-37(31-10-8-29(26-47)9-11-31)54-40(53-35)32-12-6-28(7-13-32)24-46-38(48)23-36(39(46)49)44-41(50)52-27-30-4-2-1-3-5-30/h1-17,35-37,40,47,51H,18-27H2,(H,44,50)/t35-,36?,37+,40+/m1/s1. The van der Waals surface area contributed by atoms with Crippen molar-refractivity contribution < 1.29 is 38.8 Å². The number of hydrogen-bond acceptors (Lipinski definition) is 9. The van der Waals surface area contributed by atoms with E-state index in [2.05, 4.69) is 10.2 Å². The van der Waals surface area contributed by atoms with Crippen molar-refractivity contribution >= 4 is 29.5 Å². The Balaban J connectivity index is 0.981. The topological polar surface area (TPSA) is 138 Å². The number of halogens is 1. The van der Waals surface area contributed by atoms with E-state index in [1.165, 1.54) is 0 Å². The van der Waals surface area contributed by atoms with Gasteiger partial charge in [-0.3, -0.25) is 14.5 Å². The number of likely N-dealkylation sites (tertiary alicyclic amines) is 2. The predicted octanol–water partition coefficient (Wildman–Crippen LogP) is 5.92. The van der Waals surface area contributed by atoms with Gasteiger partial charge in [-0.2, -0.15) is 0 Å². The van der Waals surface area contributed by atoms with Gasteiger partial charge in [0.25, 0.3) is 5.91 Å². The van der Waals surface area contributed by atoms with Gasteiger partial charge in [0.15, 0.2) is 6.29 Å². The molecule has 0 aromatic heterocycles. The minimum atomic E-state index is -0.990. The van der Waals surface area contributed by atoms with Crippen molar-refractivity contribution in [2.75, 3.05) is 19.6 Å². The highest BCUT2D eigenvalue weighted by atomic mass is 35.5. The minimum absolute atomic E-state index is 0.0447. The van der Waals surface area contributed by atoms with Crippen molar-refractivity contribution in [1.82, 2.24) is 15.1 Å². The summed E-state index contributed by atoms with van der Waals surface area (Å²) < 4.78 is 18.4. The summed E-state index contributed by atoms with van der Waals surface area (Å²) in [6.45, 7) is 2.13. The number of nitrogens with zero attached hydrogens (tertiary/aromatic N) is 2. The van der Waals surface area contributed by atoms with E-state index in [0.29, 0.717) is 43.9 Å². The zero-order chi connectivity index (χ0) is 37.7. The normalized spacial score (nSPS) is 23.0. The van der Waals surface area contributed by atoms with Crippen LogP contribution in [0, 0.1) is 0 Å². The maximum absolute atomic E-state index is 13.1. The molecule has 4 atom stereocenters. The van der Waals surface area contributed by atoms with Gasteiger partial charge in [-0.05, 0) is 52.8 Å². The van der Waals surface area contributed by atoms with E-state index in [-0.39, 0.29) is 44.3 Å². The first kappa shape index (κ1) is 37.7. The fraction of sp³-hybridized carbons (Fsp3) is 0.357. The Kier molecular flexibility index (Phi) is 11.7. The SMILES string of the molecule is O=C(NC1CC(=O)N(Cc2ccc([C@H]3O[C@@H](CN4CCC(O)(c5ccc(Cl)cc5)CC4)C[C@@H](c4ccc(CO)cc4)O3)cc2)C1=O)OCc1ccccc1. The van der Waals surface area contributed by atoms with Crippen LogP contribution < -0.4 is 5.32 Å². The lowest BCUT2D eigenvalue weighted by atomic mass is 9.84. The third-order valence-electron chi connectivity index (χ3n) is 10.5. The van der Waals surface area contributed by atoms with Crippen LogP contribution in [0.25, 0.3) is 0 Å². The lowest BCUT2D eigenvalue weighted by Crippen LogP contribution is -2.46. The number of ether oxygens (including phenoxy) is 3. The van der Waals surface area contributed by atoms with E-state index in [0.717, 1.165) is 38.3 Å². The van der Waals surface area contributed by atoms with E-state index >= 15 is 0 Å². The number of nitrogens with one attached hydrogen (secondary N) is 1. The van der Waals surface area contributed by atoms with Crippen LogP contribution in [-0.4, -0.2) is 69.7 Å². The van der Waals surface area contributed by atoms with Crippen molar-refractivity contribution in [1.29, 1.82) is 0 Å². The summed E-state index contributed by atoms with van der Waals surface area (Å²) in [6, 6.07) is 30.8. The number of aliphatic hydroxyl groups excluding tert-OH is 1. The highest BCUT2D eigenvalue weighted by Crippen LogP contribution is 2.39. The molecule has 3 aliphatic heterocycles. The number of rotatable bonds is 11. The number of amides is 3. The van der Waals surface area contributed by atoms with Crippen molar-refractivity contribution in [2.45, 2.75) is 75.6 Å². The third kappa shape index (κ3) is 9.01. The molecule has 0 spiro atoms. The molecule has 3 aliphatic rings. The molecule has 12 heteroatoms. The highest BCUT2D eigenvalue weighted by Gasteiger charge is 2.40. The largest absolute Gasteiger partial charge is 0.445 e. The molecule has 0 bridgehead atoms. The highest BCUT2D eigenvalue weighted by molar-refractivity contribution is 6.30. The Labute approximate surface area is 319 Å². The maximum atomic E-state index is 13.1. The van der Waals surface area contributed by atoms with Crippen LogP contribution in [0.3, 0.4) is 0 Å². The molecule has 3 N–H and O–H groups in total. The van der Waals surface area contributed by atoms with Gasteiger partial charge in [0, 0.05) is 36.6 Å². The van der Waals surface area contributed by atoms with Gasteiger partial charge in [-0.25, -0.2) is 4.79 Å². The van der Waals surface area contributed by atoms with Crippen LogP contribution in [-0.2, 0) is 49.2 Å². The predicted molar refractivity (Wildman–Crippen MR) is 200 cm³/mol. The molecule has 4 aromatic carbocycles. The smallest absolute Gasteiger partial charge is 0.408 e. The molecule has 0 saturated carbocycles. The molecule has 3 saturated heterocycles. The number of carbonyl (C=O) groups excluding carboxylic acids is 3.